The summed E-state index contributed by atoms with van der Waals surface area (Å²) in [6.45, 7) is 6.86. The van der Waals surface area contributed by atoms with Crippen LogP contribution in [0.4, 0.5) is 5.82 Å². The van der Waals surface area contributed by atoms with Crippen molar-refractivity contribution in [2.75, 3.05) is 18.8 Å². The molecule has 0 bridgehead atoms. The Bertz CT molecular complexity index is 375. The molecule has 1 unspecified atom stereocenters. The highest BCUT2D eigenvalue weighted by Crippen LogP contribution is 2.28. The summed E-state index contributed by atoms with van der Waals surface area (Å²) in [4.78, 5) is 2.54. The molecule has 0 radical (unpaired) electrons. The lowest BCUT2D eigenvalue weighted by molar-refractivity contribution is 0.227. The maximum Gasteiger partial charge on any atom is 0.136 e. The van der Waals surface area contributed by atoms with Gasteiger partial charge in [-0.3, -0.25) is 0 Å². The fraction of sp³-hybridized carbons (Fsp3) is 0.750. The molecule has 1 aliphatic heterocycles. The van der Waals surface area contributed by atoms with Crippen molar-refractivity contribution in [1.29, 1.82) is 0 Å². The summed E-state index contributed by atoms with van der Waals surface area (Å²) in [6.07, 6.45) is 5.32. The molecular formula is C12H21BrN4. The monoisotopic (exact) mass is 300 g/mol. The molecule has 1 saturated heterocycles. The zero-order valence-electron chi connectivity index (χ0n) is 10.6. The number of likely N-dealkylation sites (tertiary alicyclic amines) is 1. The second-order valence-corrected chi connectivity index (χ2v) is 5.89. The Morgan fingerprint density at radius 1 is 1.41 bits per heavy atom. The summed E-state index contributed by atoms with van der Waals surface area (Å²) in [5.41, 5.74) is 6.02. The zero-order valence-corrected chi connectivity index (χ0v) is 12.2. The van der Waals surface area contributed by atoms with Crippen molar-refractivity contribution in [3.8, 4) is 0 Å². The van der Waals surface area contributed by atoms with Crippen LogP contribution < -0.4 is 5.73 Å². The van der Waals surface area contributed by atoms with E-state index in [0.29, 0.717) is 12.1 Å². The molecule has 1 atom stereocenters. The second kappa shape index (κ2) is 5.40. The Morgan fingerprint density at radius 2 is 2.18 bits per heavy atom. The van der Waals surface area contributed by atoms with Gasteiger partial charge in [0.05, 0.1) is 16.7 Å². The number of hydrogen-bond acceptors (Lipinski definition) is 3. The smallest absolute Gasteiger partial charge is 0.136 e. The number of aromatic nitrogens is 2. The molecule has 2 rings (SSSR count). The lowest BCUT2D eigenvalue weighted by Gasteiger charge is -2.24. The highest BCUT2D eigenvalue weighted by atomic mass is 79.9. The molecule has 1 aromatic rings. The minimum Gasteiger partial charge on any atom is -0.383 e. The molecule has 4 nitrogen and oxygen atoms in total. The van der Waals surface area contributed by atoms with Crippen molar-refractivity contribution in [3.05, 3.63) is 10.7 Å². The average molecular weight is 301 g/mol. The van der Waals surface area contributed by atoms with E-state index in [1.54, 1.807) is 6.20 Å². The summed E-state index contributed by atoms with van der Waals surface area (Å²) in [6, 6.07) is 1.08. The topological polar surface area (TPSA) is 47.1 Å². The van der Waals surface area contributed by atoms with E-state index in [9.17, 15) is 0 Å². The summed E-state index contributed by atoms with van der Waals surface area (Å²) in [7, 11) is 0. The fourth-order valence-electron chi connectivity index (χ4n) is 2.50. The number of hydrogen-bond donors (Lipinski definition) is 1. The maximum absolute atomic E-state index is 6.02. The third-order valence-electron chi connectivity index (χ3n) is 3.60. The van der Waals surface area contributed by atoms with Gasteiger partial charge in [-0.05, 0) is 55.6 Å². The molecule has 17 heavy (non-hydrogen) atoms. The van der Waals surface area contributed by atoms with Gasteiger partial charge in [0, 0.05) is 12.6 Å². The van der Waals surface area contributed by atoms with Crippen LogP contribution in [0.1, 0.15) is 39.2 Å². The van der Waals surface area contributed by atoms with Gasteiger partial charge in [0.1, 0.15) is 5.82 Å². The average Bonchev–Trinajstić information content (AvgIpc) is 2.55. The van der Waals surface area contributed by atoms with Crippen molar-refractivity contribution in [3.63, 3.8) is 0 Å². The molecule has 96 valence electrons. The number of nitrogens with zero attached hydrogens (tertiary/aromatic N) is 3. The Balaban J connectivity index is 2.06. The highest BCUT2D eigenvalue weighted by molar-refractivity contribution is 9.10. The molecule has 0 aromatic carbocycles. The quantitative estimate of drug-likeness (QED) is 0.913. The molecule has 0 saturated carbocycles. The number of nitrogens with two attached hydrogens (primary N) is 1. The van der Waals surface area contributed by atoms with E-state index in [4.69, 9.17) is 5.73 Å². The van der Waals surface area contributed by atoms with E-state index in [2.05, 4.69) is 39.8 Å². The van der Waals surface area contributed by atoms with E-state index < -0.39 is 0 Å². The normalized spacial score (nSPS) is 22.9. The Labute approximate surface area is 111 Å². The van der Waals surface area contributed by atoms with Gasteiger partial charge in [0.15, 0.2) is 0 Å². The van der Waals surface area contributed by atoms with Crippen LogP contribution in [0.2, 0.25) is 0 Å². The number of nitrogen functional groups attached to an aromatic ring is 1. The first kappa shape index (κ1) is 12.9. The van der Waals surface area contributed by atoms with Gasteiger partial charge in [0.2, 0.25) is 0 Å². The molecule has 1 aliphatic rings. The van der Waals surface area contributed by atoms with Crippen LogP contribution in [0.5, 0.6) is 0 Å². The van der Waals surface area contributed by atoms with Gasteiger partial charge in [-0.1, -0.05) is 0 Å². The van der Waals surface area contributed by atoms with Crippen molar-refractivity contribution in [2.45, 2.75) is 45.2 Å². The molecule has 1 aromatic heterocycles. The summed E-state index contributed by atoms with van der Waals surface area (Å²) in [5, 5.41) is 4.38. The second-order valence-electron chi connectivity index (χ2n) is 5.04. The highest BCUT2D eigenvalue weighted by Gasteiger charge is 2.22. The van der Waals surface area contributed by atoms with Gasteiger partial charge < -0.3 is 10.6 Å². The van der Waals surface area contributed by atoms with E-state index >= 15 is 0 Å². The van der Waals surface area contributed by atoms with Crippen LogP contribution in [0, 0.1) is 0 Å². The maximum atomic E-state index is 6.02. The van der Waals surface area contributed by atoms with Crippen LogP contribution in [-0.4, -0.2) is 33.8 Å². The summed E-state index contributed by atoms with van der Waals surface area (Å²) < 4.78 is 2.89. The Hall–Kier alpha value is -0.550. The minimum absolute atomic E-state index is 0.449. The molecule has 0 aliphatic carbocycles. The van der Waals surface area contributed by atoms with E-state index in [0.717, 1.165) is 23.3 Å². The first-order chi connectivity index (χ1) is 8.09. The Morgan fingerprint density at radius 3 is 2.76 bits per heavy atom. The van der Waals surface area contributed by atoms with E-state index in [1.807, 2.05) is 4.68 Å². The van der Waals surface area contributed by atoms with Gasteiger partial charge >= 0.3 is 0 Å². The summed E-state index contributed by atoms with van der Waals surface area (Å²) in [5.74, 6) is 0.757. The predicted molar refractivity (Wildman–Crippen MR) is 73.9 cm³/mol. The first-order valence-corrected chi connectivity index (χ1v) is 7.11. The van der Waals surface area contributed by atoms with Gasteiger partial charge in [-0.2, -0.15) is 5.10 Å². The molecule has 2 heterocycles. The van der Waals surface area contributed by atoms with Crippen molar-refractivity contribution < 1.29 is 0 Å². The molecule has 5 heteroatoms. The molecule has 1 fully saturated rings. The SMILES string of the molecule is CC(C)N1CCCC(n2ncc(Br)c2N)CC1. The third-order valence-corrected chi connectivity index (χ3v) is 4.21. The number of halogens is 1. The van der Waals surface area contributed by atoms with Crippen LogP contribution in [0.25, 0.3) is 0 Å². The number of rotatable bonds is 2. The van der Waals surface area contributed by atoms with Crippen molar-refractivity contribution >= 4 is 21.7 Å². The molecule has 0 spiro atoms. The third kappa shape index (κ3) is 2.83. The van der Waals surface area contributed by atoms with Gasteiger partial charge in [-0.25, -0.2) is 4.68 Å². The van der Waals surface area contributed by atoms with Crippen LogP contribution in [-0.2, 0) is 0 Å². The fourth-order valence-corrected chi connectivity index (χ4v) is 2.78. The van der Waals surface area contributed by atoms with Crippen LogP contribution in [0.3, 0.4) is 0 Å². The molecular weight excluding hydrogens is 280 g/mol. The predicted octanol–water partition coefficient (Wildman–Crippen LogP) is 2.66. The van der Waals surface area contributed by atoms with Gasteiger partial charge in [0.25, 0.3) is 0 Å². The Kier molecular flexibility index (Phi) is 4.09. The molecule has 0 amide bonds. The van der Waals surface area contributed by atoms with Gasteiger partial charge in [-0.15, -0.1) is 0 Å². The lowest BCUT2D eigenvalue weighted by Crippen LogP contribution is -2.31. The number of anilines is 1. The van der Waals surface area contributed by atoms with E-state index in [-0.39, 0.29) is 0 Å². The van der Waals surface area contributed by atoms with Crippen LogP contribution in [0.15, 0.2) is 10.7 Å². The van der Waals surface area contributed by atoms with Crippen LogP contribution >= 0.6 is 15.9 Å². The first-order valence-electron chi connectivity index (χ1n) is 6.32. The lowest BCUT2D eigenvalue weighted by atomic mass is 10.1. The van der Waals surface area contributed by atoms with Crippen molar-refractivity contribution in [2.24, 2.45) is 0 Å². The minimum atomic E-state index is 0.449. The van der Waals surface area contributed by atoms with Crippen molar-refractivity contribution in [1.82, 2.24) is 14.7 Å². The standard InChI is InChI=1S/C12H21BrN4/c1-9(2)16-6-3-4-10(5-7-16)17-12(14)11(13)8-15-17/h8-10H,3-7,14H2,1-2H3. The van der Waals surface area contributed by atoms with E-state index in [1.165, 1.54) is 19.4 Å². The largest absolute Gasteiger partial charge is 0.383 e. The zero-order chi connectivity index (χ0) is 12.4. The molecule has 2 N–H and O–H groups in total. The summed E-state index contributed by atoms with van der Waals surface area (Å²) >= 11 is 3.42.